The Labute approximate surface area is 143 Å². The van der Waals surface area contributed by atoms with E-state index in [-0.39, 0.29) is 0 Å². The lowest BCUT2D eigenvalue weighted by Crippen LogP contribution is -2.09. The number of hydrogen-bond donors (Lipinski definition) is 1. The molecular weight excluding hydrogens is 375 g/mol. The predicted molar refractivity (Wildman–Crippen MR) is 90.1 cm³/mol. The maximum absolute atomic E-state index is 10.5. The van der Waals surface area contributed by atoms with Crippen LogP contribution in [0.15, 0.2) is 22.7 Å². The quantitative estimate of drug-likeness (QED) is 0.793. The average Bonchev–Trinajstić information content (AvgIpc) is 2.75. The Morgan fingerprint density at radius 2 is 1.90 bits per heavy atom. The molecule has 1 N–H and O–H groups in total. The van der Waals surface area contributed by atoms with Crippen molar-refractivity contribution >= 4 is 39.1 Å². The van der Waals surface area contributed by atoms with Gasteiger partial charge in [-0.15, -0.1) is 0 Å². The van der Waals surface area contributed by atoms with Gasteiger partial charge < -0.3 is 5.11 Å². The largest absolute Gasteiger partial charge is 0.388 e. The second-order valence-corrected chi connectivity index (χ2v) is 6.34. The van der Waals surface area contributed by atoms with Gasteiger partial charge in [-0.25, -0.2) is 0 Å². The SMILES string of the molecule is CCc1nn(CC)c(CC(O)c2c(Cl)cccc2Cl)c1Br. The summed E-state index contributed by atoms with van der Waals surface area (Å²) in [5.74, 6) is 0. The van der Waals surface area contributed by atoms with E-state index >= 15 is 0 Å². The fourth-order valence-corrected chi connectivity index (χ4v) is 3.70. The molecule has 3 nitrogen and oxygen atoms in total. The monoisotopic (exact) mass is 390 g/mol. The number of halogens is 3. The van der Waals surface area contributed by atoms with Gasteiger partial charge in [-0.05, 0) is 41.4 Å². The third kappa shape index (κ3) is 3.45. The molecule has 0 bridgehead atoms. The molecule has 0 aliphatic carbocycles. The molecule has 2 rings (SSSR count). The van der Waals surface area contributed by atoms with Crippen molar-refractivity contribution in [2.75, 3.05) is 0 Å². The summed E-state index contributed by atoms with van der Waals surface area (Å²) < 4.78 is 2.85. The second-order valence-electron chi connectivity index (χ2n) is 4.73. The van der Waals surface area contributed by atoms with Crippen molar-refractivity contribution in [2.45, 2.75) is 39.3 Å². The molecule has 1 atom stereocenters. The fourth-order valence-electron chi connectivity index (χ4n) is 2.33. The zero-order chi connectivity index (χ0) is 15.6. The van der Waals surface area contributed by atoms with Crippen LogP contribution in [0.25, 0.3) is 0 Å². The lowest BCUT2D eigenvalue weighted by atomic mass is 10.0. The molecule has 0 saturated carbocycles. The highest BCUT2D eigenvalue weighted by molar-refractivity contribution is 9.10. The summed E-state index contributed by atoms with van der Waals surface area (Å²) in [6, 6.07) is 5.23. The Balaban J connectivity index is 2.36. The number of hydrogen-bond acceptors (Lipinski definition) is 2. The first kappa shape index (κ1) is 16.8. The smallest absolute Gasteiger partial charge is 0.0874 e. The number of rotatable bonds is 5. The zero-order valence-electron chi connectivity index (χ0n) is 11.9. The Hall–Kier alpha value is -0.550. The van der Waals surface area contributed by atoms with Gasteiger partial charge in [0.1, 0.15) is 0 Å². The molecule has 0 saturated heterocycles. The van der Waals surface area contributed by atoms with E-state index in [0.717, 1.165) is 28.8 Å². The van der Waals surface area contributed by atoms with Gasteiger partial charge in [0.05, 0.1) is 22.0 Å². The first-order valence-corrected chi connectivity index (χ1v) is 8.40. The predicted octanol–water partition coefficient (Wildman–Crippen LogP) is 4.81. The van der Waals surface area contributed by atoms with Crippen LogP contribution in [0.5, 0.6) is 0 Å². The molecule has 1 unspecified atom stereocenters. The highest BCUT2D eigenvalue weighted by Crippen LogP contribution is 2.34. The van der Waals surface area contributed by atoms with Crippen LogP contribution >= 0.6 is 39.1 Å². The second kappa shape index (κ2) is 7.14. The van der Waals surface area contributed by atoms with E-state index in [0.29, 0.717) is 22.0 Å². The molecule has 0 fully saturated rings. The molecule has 1 heterocycles. The molecule has 0 aliphatic rings. The van der Waals surface area contributed by atoms with Gasteiger partial charge in [0, 0.05) is 28.6 Å². The Morgan fingerprint density at radius 1 is 1.29 bits per heavy atom. The van der Waals surface area contributed by atoms with Crippen LogP contribution in [-0.4, -0.2) is 14.9 Å². The first-order chi connectivity index (χ1) is 9.99. The molecule has 0 radical (unpaired) electrons. The summed E-state index contributed by atoms with van der Waals surface area (Å²) >= 11 is 15.9. The zero-order valence-corrected chi connectivity index (χ0v) is 15.0. The van der Waals surface area contributed by atoms with Gasteiger partial charge in [0.25, 0.3) is 0 Å². The summed E-state index contributed by atoms with van der Waals surface area (Å²) in [7, 11) is 0. The minimum Gasteiger partial charge on any atom is -0.388 e. The number of benzene rings is 1. The molecule has 21 heavy (non-hydrogen) atoms. The van der Waals surface area contributed by atoms with Gasteiger partial charge >= 0.3 is 0 Å². The van der Waals surface area contributed by atoms with Gasteiger partial charge in [0.2, 0.25) is 0 Å². The fraction of sp³-hybridized carbons (Fsp3) is 0.400. The molecule has 0 amide bonds. The number of aryl methyl sites for hydroxylation is 2. The van der Waals surface area contributed by atoms with Crippen molar-refractivity contribution < 1.29 is 5.11 Å². The minimum absolute atomic E-state index is 0.408. The van der Waals surface area contributed by atoms with Gasteiger partial charge in [-0.2, -0.15) is 5.10 Å². The van der Waals surface area contributed by atoms with Crippen LogP contribution < -0.4 is 0 Å². The maximum Gasteiger partial charge on any atom is 0.0874 e. The Morgan fingerprint density at radius 3 is 2.43 bits per heavy atom. The summed E-state index contributed by atoms with van der Waals surface area (Å²) in [6.07, 6.45) is 0.475. The Kier molecular flexibility index (Phi) is 5.72. The van der Waals surface area contributed by atoms with Crippen molar-refractivity contribution in [3.8, 4) is 0 Å². The van der Waals surface area contributed by atoms with Gasteiger partial charge in [0.15, 0.2) is 0 Å². The van der Waals surface area contributed by atoms with Crippen LogP contribution in [0, 0.1) is 0 Å². The van der Waals surface area contributed by atoms with Gasteiger partial charge in [-0.1, -0.05) is 36.2 Å². The maximum atomic E-state index is 10.5. The van der Waals surface area contributed by atoms with Crippen molar-refractivity contribution in [2.24, 2.45) is 0 Å². The average molecular weight is 392 g/mol. The number of aromatic nitrogens is 2. The van der Waals surface area contributed by atoms with E-state index in [4.69, 9.17) is 23.2 Å². The standard InChI is InChI=1S/C15H17BrCl2N2O/c1-3-11-15(16)12(20(4-2)19-11)8-13(21)14-9(17)6-5-7-10(14)18/h5-7,13,21H,3-4,8H2,1-2H3. The van der Waals surface area contributed by atoms with Crippen LogP contribution in [-0.2, 0) is 19.4 Å². The molecule has 0 spiro atoms. The summed E-state index contributed by atoms with van der Waals surface area (Å²) in [4.78, 5) is 0. The molecule has 2 aromatic rings. The highest BCUT2D eigenvalue weighted by Gasteiger charge is 2.21. The third-order valence-electron chi connectivity index (χ3n) is 3.41. The number of aliphatic hydroxyl groups is 1. The summed E-state index contributed by atoms with van der Waals surface area (Å²) in [5, 5.41) is 16.0. The summed E-state index contributed by atoms with van der Waals surface area (Å²) in [6.45, 7) is 4.83. The topological polar surface area (TPSA) is 38.0 Å². The molecule has 1 aromatic carbocycles. The molecule has 0 aliphatic heterocycles. The lowest BCUT2D eigenvalue weighted by molar-refractivity contribution is 0.175. The van der Waals surface area contributed by atoms with Crippen molar-refractivity contribution in [1.82, 2.24) is 9.78 Å². The van der Waals surface area contributed by atoms with Crippen molar-refractivity contribution in [1.29, 1.82) is 0 Å². The summed E-state index contributed by atoms with van der Waals surface area (Å²) in [5.41, 5.74) is 2.51. The van der Waals surface area contributed by atoms with Gasteiger partial charge in [-0.3, -0.25) is 4.68 Å². The third-order valence-corrected chi connectivity index (χ3v) is 4.99. The Bertz CT molecular complexity index is 623. The number of nitrogens with zero attached hydrogens (tertiary/aromatic N) is 2. The van der Waals surface area contributed by atoms with Crippen LogP contribution in [0.2, 0.25) is 10.0 Å². The highest BCUT2D eigenvalue weighted by atomic mass is 79.9. The molecule has 114 valence electrons. The van der Waals surface area contributed by atoms with Crippen LogP contribution in [0.1, 0.15) is 36.9 Å². The van der Waals surface area contributed by atoms with E-state index in [1.54, 1.807) is 18.2 Å². The molecular formula is C15H17BrCl2N2O. The van der Waals surface area contributed by atoms with E-state index in [9.17, 15) is 5.11 Å². The van der Waals surface area contributed by atoms with Crippen molar-refractivity contribution in [3.63, 3.8) is 0 Å². The van der Waals surface area contributed by atoms with E-state index < -0.39 is 6.10 Å². The van der Waals surface area contributed by atoms with E-state index in [1.807, 2.05) is 11.6 Å². The van der Waals surface area contributed by atoms with E-state index in [2.05, 4.69) is 28.0 Å². The molecule has 6 heteroatoms. The minimum atomic E-state index is -0.769. The first-order valence-electron chi connectivity index (χ1n) is 6.85. The number of aliphatic hydroxyl groups excluding tert-OH is 1. The molecule has 1 aromatic heterocycles. The van der Waals surface area contributed by atoms with E-state index in [1.165, 1.54) is 0 Å². The van der Waals surface area contributed by atoms with Crippen molar-refractivity contribution in [3.05, 3.63) is 49.7 Å². The normalized spacial score (nSPS) is 12.7. The van der Waals surface area contributed by atoms with Crippen LogP contribution in [0.3, 0.4) is 0 Å². The lowest BCUT2D eigenvalue weighted by Gasteiger charge is -2.15. The van der Waals surface area contributed by atoms with Crippen LogP contribution in [0.4, 0.5) is 0 Å².